The van der Waals surface area contributed by atoms with Crippen LogP contribution in [0.15, 0.2) is 18.2 Å². The Hall–Kier alpha value is -1.43. The zero-order chi connectivity index (χ0) is 16.8. The first-order valence-electron chi connectivity index (χ1n) is 7.15. The Balaban J connectivity index is 3.26. The Morgan fingerprint density at radius 2 is 1.82 bits per heavy atom. The van der Waals surface area contributed by atoms with Gasteiger partial charge in [-0.15, -0.1) is 11.6 Å². The molecule has 1 rings (SSSR count). The minimum absolute atomic E-state index is 0.141. The van der Waals surface area contributed by atoms with Crippen molar-refractivity contribution in [3.8, 4) is 0 Å². The van der Waals surface area contributed by atoms with E-state index in [0.29, 0.717) is 18.8 Å². The maximum atomic E-state index is 12.9. The fourth-order valence-corrected chi connectivity index (χ4v) is 2.23. The molecule has 1 N–H and O–H groups in total. The highest BCUT2D eigenvalue weighted by Crippen LogP contribution is 2.35. The van der Waals surface area contributed by atoms with Gasteiger partial charge in [-0.25, -0.2) is 0 Å². The lowest BCUT2D eigenvalue weighted by Gasteiger charge is -2.27. The number of halogens is 4. The van der Waals surface area contributed by atoms with E-state index in [4.69, 9.17) is 11.6 Å². The molecule has 0 unspecified atom stereocenters. The first-order valence-corrected chi connectivity index (χ1v) is 7.68. The van der Waals surface area contributed by atoms with Crippen molar-refractivity contribution in [3.05, 3.63) is 23.8 Å². The molecule has 1 aromatic carbocycles. The minimum atomic E-state index is -4.46. The van der Waals surface area contributed by atoms with Crippen LogP contribution in [0.2, 0.25) is 0 Å². The molecule has 0 saturated heterocycles. The largest absolute Gasteiger partial charge is 0.416 e. The summed E-state index contributed by atoms with van der Waals surface area (Å²) < 4.78 is 38.6. The number of carbonyl (C=O) groups excluding carboxylic acids is 1. The maximum Gasteiger partial charge on any atom is 0.416 e. The predicted octanol–water partition coefficient (Wildman–Crippen LogP) is 4.51. The van der Waals surface area contributed by atoms with E-state index in [9.17, 15) is 18.0 Å². The number of benzene rings is 1. The third-order valence-electron chi connectivity index (χ3n) is 3.05. The number of anilines is 2. The number of nitrogens with zero attached hydrogens (tertiary/aromatic N) is 1. The summed E-state index contributed by atoms with van der Waals surface area (Å²) in [6, 6.07) is 3.39. The van der Waals surface area contributed by atoms with Crippen molar-refractivity contribution in [2.24, 2.45) is 0 Å². The first-order chi connectivity index (χ1) is 10.3. The molecule has 0 aliphatic carbocycles. The lowest BCUT2D eigenvalue weighted by atomic mass is 10.1. The van der Waals surface area contributed by atoms with Crippen LogP contribution in [0.3, 0.4) is 0 Å². The van der Waals surface area contributed by atoms with Gasteiger partial charge in [-0.2, -0.15) is 13.2 Å². The molecule has 1 amide bonds. The highest BCUT2D eigenvalue weighted by Gasteiger charge is 2.31. The highest BCUT2D eigenvalue weighted by molar-refractivity contribution is 6.29. The molecule has 0 radical (unpaired) electrons. The van der Waals surface area contributed by atoms with E-state index >= 15 is 0 Å². The molecule has 0 aliphatic rings. The Morgan fingerprint density at radius 3 is 2.27 bits per heavy atom. The zero-order valence-electron chi connectivity index (χ0n) is 12.6. The van der Waals surface area contributed by atoms with Crippen molar-refractivity contribution in [1.29, 1.82) is 0 Å². The normalized spacial score (nSPS) is 11.4. The molecule has 0 heterocycles. The summed E-state index contributed by atoms with van der Waals surface area (Å²) in [6.45, 7) is 5.37. The van der Waals surface area contributed by atoms with Crippen molar-refractivity contribution < 1.29 is 18.0 Å². The summed E-state index contributed by atoms with van der Waals surface area (Å²) in [4.78, 5) is 13.5. The van der Waals surface area contributed by atoms with Gasteiger partial charge < -0.3 is 10.2 Å². The molecular formula is C15H20ClF3N2O. The predicted molar refractivity (Wildman–Crippen MR) is 83.6 cm³/mol. The number of carbonyl (C=O) groups is 1. The van der Waals surface area contributed by atoms with Gasteiger partial charge in [0.2, 0.25) is 5.91 Å². The third kappa shape index (κ3) is 5.09. The fraction of sp³-hybridized carbons (Fsp3) is 0.533. The molecule has 0 fully saturated rings. The van der Waals surface area contributed by atoms with Crippen LogP contribution in [0.25, 0.3) is 0 Å². The van der Waals surface area contributed by atoms with E-state index in [2.05, 4.69) is 5.32 Å². The smallest absolute Gasteiger partial charge is 0.370 e. The van der Waals surface area contributed by atoms with E-state index in [1.54, 1.807) is 0 Å². The number of alkyl halides is 4. The lowest BCUT2D eigenvalue weighted by Crippen LogP contribution is -2.27. The topological polar surface area (TPSA) is 32.3 Å². The Bertz CT molecular complexity index is 500. The second-order valence-corrected chi connectivity index (χ2v) is 5.17. The van der Waals surface area contributed by atoms with Gasteiger partial charge in [-0.05, 0) is 31.0 Å². The van der Waals surface area contributed by atoms with Crippen molar-refractivity contribution in [1.82, 2.24) is 0 Å². The van der Waals surface area contributed by atoms with Crippen LogP contribution in [0, 0.1) is 0 Å². The average molecular weight is 337 g/mol. The number of nitrogens with one attached hydrogen (secondary N) is 1. The van der Waals surface area contributed by atoms with Crippen LogP contribution in [0.5, 0.6) is 0 Å². The summed E-state index contributed by atoms with van der Waals surface area (Å²) in [5.74, 6) is -0.841. The molecule has 0 spiro atoms. The number of hydrogen-bond donors (Lipinski definition) is 1. The third-order valence-corrected chi connectivity index (χ3v) is 3.29. The first kappa shape index (κ1) is 18.6. The van der Waals surface area contributed by atoms with Crippen LogP contribution in [0.4, 0.5) is 24.5 Å². The summed E-state index contributed by atoms with van der Waals surface area (Å²) in [5, 5.41) is 2.46. The quantitative estimate of drug-likeness (QED) is 0.743. The van der Waals surface area contributed by atoms with Crippen LogP contribution in [0.1, 0.15) is 32.3 Å². The van der Waals surface area contributed by atoms with Gasteiger partial charge in [0.25, 0.3) is 0 Å². The minimum Gasteiger partial charge on any atom is -0.370 e. The monoisotopic (exact) mass is 336 g/mol. The van der Waals surface area contributed by atoms with Gasteiger partial charge in [0, 0.05) is 13.1 Å². The van der Waals surface area contributed by atoms with E-state index in [-0.39, 0.29) is 11.6 Å². The standard InChI is InChI=1S/C15H20ClF3N2O/c1-3-7-21(8-4-2)13-6-5-11(15(17,18)19)9-12(13)20-14(22)10-16/h5-6,9H,3-4,7-8,10H2,1-2H3,(H,20,22). The second-order valence-electron chi connectivity index (χ2n) is 4.90. The Kier molecular flexibility index (Phi) is 7.00. The molecule has 3 nitrogen and oxygen atoms in total. The maximum absolute atomic E-state index is 12.9. The van der Waals surface area contributed by atoms with Gasteiger partial charge in [0.05, 0.1) is 16.9 Å². The molecule has 0 aromatic heterocycles. The van der Waals surface area contributed by atoms with Crippen molar-refractivity contribution in [2.75, 3.05) is 29.2 Å². The van der Waals surface area contributed by atoms with Crippen molar-refractivity contribution >= 4 is 28.9 Å². The second kappa shape index (κ2) is 8.27. The Labute approximate surface area is 133 Å². The molecule has 124 valence electrons. The van der Waals surface area contributed by atoms with E-state index < -0.39 is 17.6 Å². The van der Waals surface area contributed by atoms with Crippen molar-refractivity contribution in [2.45, 2.75) is 32.9 Å². The SMILES string of the molecule is CCCN(CCC)c1ccc(C(F)(F)F)cc1NC(=O)CCl. The summed E-state index contributed by atoms with van der Waals surface area (Å²) in [7, 11) is 0. The van der Waals surface area contributed by atoms with Crippen molar-refractivity contribution in [3.63, 3.8) is 0 Å². The molecule has 0 saturated carbocycles. The number of rotatable bonds is 7. The van der Waals surface area contributed by atoms with Crippen LogP contribution in [-0.4, -0.2) is 24.9 Å². The molecule has 7 heteroatoms. The number of hydrogen-bond acceptors (Lipinski definition) is 2. The highest BCUT2D eigenvalue weighted by atomic mass is 35.5. The average Bonchev–Trinajstić information content (AvgIpc) is 2.46. The van der Waals surface area contributed by atoms with E-state index in [1.165, 1.54) is 6.07 Å². The zero-order valence-corrected chi connectivity index (χ0v) is 13.4. The molecule has 22 heavy (non-hydrogen) atoms. The molecule has 1 aromatic rings. The summed E-state index contributed by atoms with van der Waals surface area (Å²) in [6.07, 6.45) is -2.76. The summed E-state index contributed by atoms with van der Waals surface area (Å²) in [5.41, 5.74) is -0.0772. The van der Waals surface area contributed by atoms with Gasteiger partial charge in [0.15, 0.2) is 0 Å². The van der Waals surface area contributed by atoms with Crippen LogP contribution in [-0.2, 0) is 11.0 Å². The van der Waals surface area contributed by atoms with E-state index in [1.807, 2.05) is 18.7 Å². The van der Waals surface area contributed by atoms with Crippen LogP contribution < -0.4 is 10.2 Å². The lowest BCUT2D eigenvalue weighted by molar-refractivity contribution is -0.137. The fourth-order valence-electron chi connectivity index (χ4n) is 2.16. The Morgan fingerprint density at radius 1 is 1.23 bits per heavy atom. The van der Waals surface area contributed by atoms with Gasteiger partial charge in [-0.3, -0.25) is 4.79 Å². The number of amides is 1. The van der Waals surface area contributed by atoms with Gasteiger partial charge in [-0.1, -0.05) is 13.8 Å². The molecule has 0 atom stereocenters. The summed E-state index contributed by atoms with van der Waals surface area (Å²) >= 11 is 5.44. The molecule has 0 bridgehead atoms. The molecular weight excluding hydrogens is 317 g/mol. The van der Waals surface area contributed by atoms with Gasteiger partial charge in [0.1, 0.15) is 5.88 Å². The van der Waals surface area contributed by atoms with E-state index in [0.717, 1.165) is 25.0 Å². The molecule has 0 aliphatic heterocycles. The van der Waals surface area contributed by atoms with Gasteiger partial charge >= 0.3 is 6.18 Å². The van der Waals surface area contributed by atoms with Crippen LogP contribution >= 0.6 is 11.6 Å².